The van der Waals surface area contributed by atoms with Crippen LogP contribution in [-0.2, 0) is 4.79 Å². The molecule has 2 unspecified atom stereocenters. The highest BCUT2D eigenvalue weighted by atomic mass is 19.1. The molecule has 0 aromatic heterocycles. The fourth-order valence-corrected chi connectivity index (χ4v) is 1.51. The Kier molecular flexibility index (Phi) is 7.73. The summed E-state index contributed by atoms with van der Waals surface area (Å²) in [4.78, 5) is 12.0. The number of hydrogen-bond donors (Lipinski definition) is 1. The van der Waals surface area contributed by atoms with Crippen molar-refractivity contribution in [2.24, 2.45) is 11.7 Å². The summed E-state index contributed by atoms with van der Waals surface area (Å²) in [6.07, 6.45) is 5.10. The fraction of sp³-hybridized carbons (Fsp3) is 0.615. The Morgan fingerprint density at radius 1 is 1.50 bits per heavy atom. The van der Waals surface area contributed by atoms with E-state index in [9.17, 15) is 9.18 Å². The van der Waals surface area contributed by atoms with Crippen LogP contribution in [0.25, 0.3) is 0 Å². The highest BCUT2D eigenvalue weighted by Crippen LogP contribution is 2.15. The zero-order valence-corrected chi connectivity index (χ0v) is 10.4. The standard InChI is InChI=1S/C13H22FNO/c1-4-11(7-6-10(3)14)13(16)12(5-2)8-9-15/h4,6-7,10,12H,5,8-9,15H2,1-3H3/b7-6-,11-4+. The molecule has 16 heavy (non-hydrogen) atoms. The zero-order valence-electron chi connectivity index (χ0n) is 10.4. The Morgan fingerprint density at radius 3 is 2.50 bits per heavy atom. The van der Waals surface area contributed by atoms with Crippen LogP contribution in [0.3, 0.4) is 0 Å². The average molecular weight is 227 g/mol. The van der Waals surface area contributed by atoms with E-state index in [1.54, 1.807) is 19.1 Å². The Morgan fingerprint density at radius 2 is 2.12 bits per heavy atom. The molecule has 0 bridgehead atoms. The summed E-state index contributed by atoms with van der Waals surface area (Å²) in [5.74, 6) is 0.0168. The van der Waals surface area contributed by atoms with E-state index >= 15 is 0 Å². The third-order valence-corrected chi connectivity index (χ3v) is 2.52. The van der Waals surface area contributed by atoms with Crippen LogP contribution >= 0.6 is 0 Å². The molecule has 0 saturated heterocycles. The quantitative estimate of drug-likeness (QED) is 0.537. The molecule has 0 saturated carbocycles. The molecule has 3 heteroatoms. The van der Waals surface area contributed by atoms with Crippen LogP contribution in [0.15, 0.2) is 23.8 Å². The minimum Gasteiger partial charge on any atom is -0.330 e. The van der Waals surface area contributed by atoms with Gasteiger partial charge in [-0.05, 0) is 33.2 Å². The van der Waals surface area contributed by atoms with E-state index in [0.29, 0.717) is 18.5 Å². The lowest BCUT2D eigenvalue weighted by molar-refractivity contribution is -0.119. The Balaban J connectivity index is 4.64. The molecular formula is C13H22FNO. The van der Waals surface area contributed by atoms with Crippen LogP contribution in [-0.4, -0.2) is 18.5 Å². The molecule has 0 heterocycles. The van der Waals surface area contributed by atoms with Crippen LogP contribution < -0.4 is 5.73 Å². The van der Waals surface area contributed by atoms with Gasteiger partial charge in [0.2, 0.25) is 0 Å². The van der Waals surface area contributed by atoms with Crippen molar-refractivity contribution < 1.29 is 9.18 Å². The van der Waals surface area contributed by atoms with Gasteiger partial charge in [-0.25, -0.2) is 4.39 Å². The highest BCUT2D eigenvalue weighted by molar-refractivity contribution is 5.99. The number of carbonyl (C=O) groups excluding carboxylic acids is 1. The molecule has 0 aliphatic rings. The van der Waals surface area contributed by atoms with Gasteiger partial charge in [-0.2, -0.15) is 0 Å². The maximum Gasteiger partial charge on any atom is 0.165 e. The van der Waals surface area contributed by atoms with Gasteiger partial charge in [-0.15, -0.1) is 0 Å². The number of rotatable bonds is 7. The van der Waals surface area contributed by atoms with E-state index in [4.69, 9.17) is 5.73 Å². The van der Waals surface area contributed by atoms with Crippen molar-refractivity contribution in [3.63, 3.8) is 0 Å². The maximum absolute atomic E-state index is 12.6. The summed E-state index contributed by atoms with van der Waals surface area (Å²) in [7, 11) is 0. The van der Waals surface area contributed by atoms with Gasteiger partial charge in [0.05, 0.1) is 0 Å². The third-order valence-electron chi connectivity index (χ3n) is 2.52. The highest BCUT2D eigenvalue weighted by Gasteiger charge is 2.17. The van der Waals surface area contributed by atoms with Crippen molar-refractivity contribution >= 4 is 5.78 Å². The van der Waals surface area contributed by atoms with Crippen LogP contribution in [0.1, 0.15) is 33.6 Å². The molecule has 0 amide bonds. The number of halogens is 1. The van der Waals surface area contributed by atoms with Crippen molar-refractivity contribution in [1.82, 2.24) is 0 Å². The van der Waals surface area contributed by atoms with Gasteiger partial charge < -0.3 is 5.73 Å². The molecule has 92 valence electrons. The molecular weight excluding hydrogens is 205 g/mol. The lowest BCUT2D eigenvalue weighted by Crippen LogP contribution is -2.19. The number of hydrogen-bond acceptors (Lipinski definition) is 2. The summed E-state index contributed by atoms with van der Waals surface area (Å²) in [6.45, 7) is 5.69. The number of ketones is 1. The predicted octanol–water partition coefficient (Wildman–Crippen LogP) is 2.79. The lowest BCUT2D eigenvalue weighted by Gasteiger charge is -2.12. The monoisotopic (exact) mass is 227 g/mol. The molecule has 2 N–H and O–H groups in total. The van der Waals surface area contributed by atoms with Crippen molar-refractivity contribution in [1.29, 1.82) is 0 Å². The van der Waals surface area contributed by atoms with Gasteiger partial charge in [0.25, 0.3) is 0 Å². The van der Waals surface area contributed by atoms with Crippen LogP contribution in [0.5, 0.6) is 0 Å². The summed E-state index contributed by atoms with van der Waals surface area (Å²) in [5, 5.41) is 0. The average Bonchev–Trinajstić information content (AvgIpc) is 2.26. The van der Waals surface area contributed by atoms with Crippen molar-refractivity contribution in [3.05, 3.63) is 23.8 Å². The molecule has 0 rings (SSSR count). The second-order valence-corrected chi connectivity index (χ2v) is 3.83. The molecule has 0 spiro atoms. The first-order chi connectivity index (χ1) is 7.56. The number of nitrogens with two attached hydrogens (primary N) is 1. The van der Waals surface area contributed by atoms with Crippen LogP contribution in [0.4, 0.5) is 4.39 Å². The van der Waals surface area contributed by atoms with E-state index in [-0.39, 0.29) is 11.7 Å². The molecule has 0 aromatic rings. The van der Waals surface area contributed by atoms with Gasteiger partial charge >= 0.3 is 0 Å². The molecule has 0 fully saturated rings. The first-order valence-electron chi connectivity index (χ1n) is 5.79. The van der Waals surface area contributed by atoms with Gasteiger partial charge in [0.15, 0.2) is 5.78 Å². The van der Waals surface area contributed by atoms with Crippen LogP contribution in [0, 0.1) is 5.92 Å². The zero-order chi connectivity index (χ0) is 12.6. The normalized spacial score (nSPS) is 16.4. The molecule has 0 aromatic carbocycles. The topological polar surface area (TPSA) is 43.1 Å². The van der Waals surface area contributed by atoms with Crippen molar-refractivity contribution in [2.45, 2.75) is 39.8 Å². The SMILES string of the molecule is C/C=C(\C=C/C(C)F)C(=O)C(CC)CCN. The largest absolute Gasteiger partial charge is 0.330 e. The van der Waals surface area contributed by atoms with Crippen molar-refractivity contribution in [3.8, 4) is 0 Å². The van der Waals surface area contributed by atoms with Crippen LogP contribution in [0.2, 0.25) is 0 Å². The minimum atomic E-state index is -1.03. The summed E-state index contributed by atoms with van der Waals surface area (Å²) in [5.41, 5.74) is 6.03. The van der Waals surface area contributed by atoms with Gasteiger partial charge in [0.1, 0.15) is 6.17 Å². The summed E-state index contributed by atoms with van der Waals surface area (Å²) in [6, 6.07) is 0. The first kappa shape index (κ1) is 15.0. The maximum atomic E-state index is 12.6. The number of Topliss-reactive ketones (excluding diaryl/α,β-unsaturated/α-hetero) is 1. The summed E-state index contributed by atoms with van der Waals surface area (Å²) >= 11 is 0. The summed E-state index contributed by atoms with van der Waals surface area (Å²) < 4.78 is 12.6. The number of alkyl halides is 1. The molecule has 0 radical (unpaired) electrons. The molecule has 2 nitrogen and oxygen atoms in total. The Labute approximate surface area is 97.4 Å². The smallest absolute Gasteiger partial charge is 0.165 e. The van der Waals surface area contributed by atoms with E-state index in [1.807, 2.05) is 6.92 Å². The molecule has 2 atom stereocenters. The van der Waals surface area contributed by atoms with E-state index in [0.717, 1.165) is 6.42 Å². The van der Waals surface area contributed by atoms with E-state index in [1.165, 1.54) is 13.0 Å². The lowest BCUT2D eigenvalue weighted by atomic mass is 9.91. The molecule has 0 aliphatic heterocycles. The van der Waals surface area contributed by atoms with Gasteiger partial charge in [-0.3, -0.25) is 4.79 Å². The first-order valence-corrected chi connectivity index (χ1v) is 5.79. The fourth-order valence-electron chi connectivity index (χ4n) is 1.51. The second-order valence-electron chi connectivity index (χ2n) is 3.83. The predicted molar refractivity (Wildman–Crippen MR) is 65.9 cm³/mol. The van der Waals surface area contributed by atoms with E-state index in [2.05, 4.69) is 0 Å². The third kappa shape index (κ3) is 5.21. The number of allylic oxidation sites excluding steroid dienone is 4. The van der Waals surface area contributed by atoms with Gasteiger partial charge in [-0.1, -0.05) is 25.2 Å². The Hall–Kier alpha value is -0.960. The Bertz CT molecular complexity index is 269. The van der Waals surface area contributed by atoms with Crippen molar-refractivity contribution in [2.75, 3.05) is 6.54 Å². The minimum absolute atomic E-state index is 0.0456. The van der Waals surface area contributed by atoms with E-state index < -0.39 is 6.17 Å². The number of carbonyl (C=O) groups is 1. The molecule has 0 aliphatic carbocycles. The second kappa shape index (κ2) is 8.22. The van der Waals surface area contributed by atoms with Gasteiger partial charge in [0, 0.05) is 11.5 Å².